The molecule has 14 nitrogen and oxygen atoms in total. The summed E-state index contributed by atoms with van der Waals surface area (Å²) in [4.78, 5) is 25.2. The van der Waals surface area contributed by atoms with Gasteiger partial charge >= 0.3 is 13.7 Å². The smallest absolute Gasteiger partial charge is 0.459 e. The van der Waals surface area contributed by atoms with Crippen LogP contribution in [0.4, 0.5) is 5.82 Å². The number of aliphatic hydroxyl groups excluding tert-OH is 2. The van der Waals surface area contributed by atoms with Gasteiger partial charge in [0, 0.05) is 5.39 Å². The van der Waals surface area contributed by atoms with Crippen molar-refractivity contribution in [3.8, 4) is 5.75 Å². The van der Waals surface area contributed by atoms with Crippen LogP contribution in [-0.2, 0) is 30.0 Å². The Bertz CT molecular complexity index is 1890. The zero-order valence-corrected chi connectivity index (χ0v) is 25.8. The van der Waals surface area contributed by atoms with E-state index in [1.165, 1.54) is 31.1 Å². The maximum absolute atomic E-state index is 14.5. The maximum atomic E-state index is 14.5. The molecule has 7 atom stereocenters. The second-order valence-electron chi connectivity index (χ2n) is 10.9. The molecular formula is C31H33N6O8P. The molecule has 46 heavy (non-hydrogen) atoms. The Morgan fingerprint density at radius 1 is 1.02 bits per heavy atom. The van der Waals surface area contributed by atoms with Gasteiger partial charge in [0.05, 0.1) is 12.4 Å². The van der Waals surface area contributed by atoms with Gasteiger partial charge in [-0.15, -0.1) is 0 Å². The number of rotatable bonds is 11. The van der Waals surface area contributed by atoms with E-state index < -0.39 is 50.4 Å². The van der Waals surface area contributed by atoms with Crippen molar-refractivity contribution in [2.45, 2.75) is 57.1 Å². The van der Waals surface area contributed by atoms with Crippen LogP contribution in [-0.4, -0.2) is 66.2 Å². The molecule has 0 amide bonds. The third kappa shape index (κ3) is 6.44. The van der Waals surface area contributed by atoms with Gasteiger partial charge in [-0.3, -0.25) is 13.9 Å². The molecule has 7 unspecified atom stereocenters. The van der Waals surface area contributed by atoms with Crippen molar-refractivity contribution in [3.63, 3.8) is 0 Å². The average molecular weight is 649 g/mol. The van der Waals surface area contributed by atoms with E-state index in [-0.39, 0.29) is 23.8 Å². The molecule has 1 fully saturated rings. The summed E-state index contributed by atoms with van der Waals surface area (Å²) in [5.74, 6) is -0.319. The van der Waals surface area contributed by atoms with Gasteiger partial charge in [0.15, 0.2) is 17.7 Å². The molecule has 2 aromatic heterocycles. The number of nitrogen functional groups attached to an aromatic ring is 1. The summed E-state index contributed by atoms with van der Waals surface area (Å²) in [5, 5.41) is 26.2. The van der Waals surface area contributed by atoms with E-state index >= 15 is 0 Å². The van der Waals surface area contributed by atoms with Gasteiger partial charge in [-0.05, 0) is 30.9 Å². The van der Waals surface area contributed by atoms with Crippen LogP contribution in [0.3, 0.4) is 0 Å². The highest BCUT2D eigenvalue weighted by atomic mass is 31.2. The molecule has 6 rings (SSSR count). The number of fused-ring (bicyclic) bond motifs is 2. The number of hydrogen-bond acceptors (Lipinski definition) is 12. The number of nitrogens with zero attached hydrogens (tertiary/aromatic N) is 4. The largest absolute Gasteiger partial charge is 0.460 e. The van der Waals surface area contributed by atoms with E-state index in [9.17, 15) is 19.6 Å². The van der Waals surface area contributed by atoms with Crippen molar-refractivity contribution in [1.29, 1.82) is 0 Å². The number of aliphatic hydroxyl groups is 2. The van der Waals surface area contributed by atoms with Crippen molar-refractivity contribution in [2.75, 3.05) is 5.73 Å². The first-order chi connectivity index (χ1) is 22.1. The molecule has 5 N–H and O–H groups in total. The Hall–Kier alpha value is -4.43. The molecule has 3 aromatic carbocycles. The highest BCUT2D eigenvalue weighted by Gasteiger charge is 2.49. The minimum Gasteiger partial charge on any atom is -0.460 e. The molecule has 5 aromatic rings. The van der Waals surface area contributed by atoms with Gasteiger partial charge in [-0.25, -0.2) is 19.5 Å². The lowest BCUT2D eigenvalue weighted by atomic mass is 10.1. The number of esters is 1. The average Bonchev–Trinajstić information content (AvgIpc) is 3.61. The van der Waals surface area contributed by atoms with Crippen LogP contribution >= 0.6 is 7.75 Å². The summed E-state index contributed by atoms with van der Waals surface area (Å²) >= 11 is 0. The summed E-state index contributed by atoms with van der Waals surface area (Å²) in [7, 11) is -4.41. The molecule has 15 heteroatoms. The lowest BCUT2D eigenvalue weighted by Crippen LogP contribution is -2.41. The molecule has 1 aliphatic heterocycles. The summed E-state index contributed by atoms with van der Waals surface area (Å²) in [6.45, 7) is 2.99. The number of aromatic nitrogens is 4. The van der Waals surface area contributed by atoms with E-state index in [0.29, 0.717) is 10.9 Å². The van der Waals surface area contributed by atoms with E-state index in [1.54, 1.807) is 18.2 Å². The first kappa shape index (κ1) is 31.5. The van der Waals surface area contributed by atoms with Crippen molar-refractivity contribution in [1.82, 2.24) is 24.6 Å². The zero-order valence-electron chi connectivity index (χ0n) is 24.9. The number of benzene rings is 3. The van der Waals surface area contributed by atoms with Crippen LogP contribution < -0.4 is 15.3 Å². The minimum absolute atomic E-state index is 0.0122. The Balaban J connectivity index is 1.24. The molecule has 240 valence electrons. The Kier molecular flexibility index (Phi) is 9.00. The number of ether oxygens (including phenoxy) is 2. The lowest BCUT2D eigenvalue weighted by molar-refractivity contribution is -0.146. The Morgan fingerprint density at radius 3 is 2.57 bits per heavy atom. The summed E-state index contributed by atoms with van der Waals surface area (Å²) in [6, 6.07) is 20.6. The predicted octanol–water partition coefficient (Wildman–Crippen LogP) is 3.49. The fraction of sp³-hybridized carbons (Fsp3) is 0.290. The Labute approximate surface area is 263 Å². The van der Waals surface area contributed by atoms with E-state index in [2.05, 4.69) is 20.0 Å². The fourth-order valence-electron chi connectivity index (χ4n) is 5.27. The molecule has 0 radical (unpaired) electrons. The van der Waals surface area contributed by atoms with Crippen LogP contribution in [0.5, 0.6) is 5.75 Å². The van der Waals surface area contributed by atoms with Gasteiger partial charge < -0.3 is 29.9 Å². The number of carbonyl (C=O) groups excluding carboxylic acids is 1. The molecule has 1 saturated heterocycles. The van der Waals surface area contributed by atoms with Gasteiger partial charge in [0.1, 0.15) is 48.6 Å². The first-order valence-electron chi connectivity index (χ1n) is 14.5. The second-order valence-corrected chi connectivity index (χ2v) is 12.5. The van der Waals surface area contributed by atoms with Gasteiger partial charge in [0.2, 0.25) is 0 Å². The lowest BCUT2D eigenvalue weighted by Gasteiger charge is -2.29. The molecule has 0 spiro atoms. The SMILES string of the molecule is CC(NP(=O)(Oc1cccc2ccccc12)OC(C)C1OC(n2cnc3c(N)ncnc32)C(O)C1O)C(=O)OCc1ccccc1. The standard InChI is InChI=1S/C31H33N6O8P/c1-18(31(40)42-15-20-9-4-3-5-10-20)36-46(41,45-23-14-8-12-21-11-6-7-13-22(21)23)44-19(2)27-25(38)26(39)30(43-27)37-17-35-24-28(32)33-16-34-29(24)37/h3-14,16-19,25-27,30,38-39H,15H2,1-2H3,(H,36,41)(H2,32,33,34). The van der Waals surface area contributed by atoms with E-state index in [1.807, 2.05) is 54.6 Å². The molecule has 1 aliphatic rings. The third-order valence-electron chi connectivity index (χ3n) is 7.60. The summed E-state index contributed by atoms with van der Waals surface area (Å²) in [5.41, 5.74) is 7.26. The summed E-state index contributed by atoms with van der Waals surface area (Å²) < 4.78 is 39.4. The topological polar surface area (TPSA) is 193 Å². The first-order valence-corrected chi connectivity index (χ1v) is 16.1. The molecule has 0 saturated carbocycles. The molecule has 3 heterocycles. The van der Waals surface area contributed by atoms with E-state index in [0.717, 1.165) is 10.9 Å². The van der Waals surface area contributed by atoms with Crippen molar-refractivity contribution < 1.29 is 38.1 Å². The number of anilines is 1. The van der Waals surface area contributed by atoms with Crippen LogP contribution in [0, 0.1) is 0 Å². The minimum atomic E-state index is -4.41. The number of imidazole rings is 1. The molecule has 0 bridgehead atoms. The number of nitrogens with two attached hydrogens (primary N) is 1. The fourth-order valence-corrected chi connectivity index (χ4v) is 6.98. The van der Waals surface area contributed by atoms with Crippen LogP contribution in [0.25, 0.3) is 21.9 Å². The van der Waals surface area contributed by atoms with Gasteiger partial charge in [-0.2, -0.15) is 5.09 Å². The van der Waals surface area contributed by atoms with Crippen molar-refractivity contribution in [3.05, 3.63) is 91.0 Å². The maximum Gasteiger partial charge on any atom is 0.459 e. The third-order valence-corrected chi connectivity index (χ3v) is 9.35. The zero-order chi connectivity index (χ0) is 32.4. The monoisotopic (exact) mass is 648 g/mol. The van der Waals surface area contributed by atoms with Crippen molar-refractivity contribution >= 4 is 41.5 Å². The van der Waals surface area contributed by atoms with Gasteiger partial charge in [0.25, 0.3) is 0 Å². The molecule has 0 aliphatic carbocycles. The predicted molar refractivity (Wildman–Crippen MR) is 167 cm³/mol. The van der Waals surface area contributed by atoms with Crippen molar-refractivity contribution in [2.24, 2.45) is 0 Å². The summed E-state index contributed by atoms with van der Waals surface area (Å²) in [6.07, 6.45) is -3.77. The number of hydrogen-bond donors (Lipinski definition) is 4. The van der Waals surface area contributed by atoms with Crippen LogP contribution in [0.15, 0.2) is 85.5 Å². The number of carbonyl (C=O) groups is 1. The highest BCUT2D eigenvalue weighted by Crippen LogP contribution is 2.49. The van der Waals surface area contributed by atoms with E-state index in [4.69, 9.17) is 24.3 Å². The molecular weight excluding hydrogens is 615 g/mol. The normalized spacial score (nSPS) is 22.3. The number of nitrogens with one attached hydrogen (secondary N) is 1. The quantitative estimate of drug-likeness (QED) is 0.120. The van der Waals surface area contributed by atoms with Crippen LogP contribution in [0.2, 0.25) is 0 Å². The highest BCUT2D eigenvalue weighted by molar-refractivity contribution is 7.52. The van der Waals surface area contributed by atoms with Crippen LogP contribution in [0.1, 0.15) is 25.6 Å². The Morgan fingerprint density at radius 2 is 1.76 bits per heavy atom. The van der Waals surface area contributed by atoms with Gasteiger partial charge in [-0.1, -0.05) is 66.7 Å². The second kappa shape index (κ2) is 13.1.